The summed E-state index contributed by atoms with van der Waals surface area (Å²) in [4.78, 5) is 28.4. The van der Waals surface area contributed by atoms with Crippen LogP contribution in [0.1, 0.15) is 51.5 Å². The third-order valence-electron chi connectivity index (χ3n) is 8.84. The van der Waals surface area contributed by atoms with Gasteiger partial charge in [0.1, 0.15) is 22.9 Å². The van der Waals surface area contributed by atoms with Crippen molar-refractivity contribution >= 4 is 22.1 Å². The lowest BCUT2D eigenvalue weighted by molar-refractivity contribution is -0.823. The Morgan fingerprint density at radius 3 is 2.44 bits per heavy atom. The number of carbonyl (C=O) groups excluding carboxylic acids is 1. The molecule has 2 aromatic rings. The molecular weight excluding hydrogens is 674 g/mol. The normalized spacial score (nSPS) is 21.1. The molecule has 2 saturated heterocycles. The zero-order valence-electron chi connectivity index (χ0n) is 28.7. The molecule has 1 amide bonds. The van der Waals surface area contributed by atoms with E-state index in [9.17, 15) is 23.2 Å². The molecule has 2 fully saturated rings. The molecule has 0 radical (unpaired) electrons. The Kier molecular flexibility index (Phi) is 13.8. The summed E-state index contributed by atoms with van der Waals surface area (Å²) in [5.41, 5.74) is 2.42. The van der Waals surface area contributed by atoms with Crippen molar-refractivity contribution in [3.8, 4) is 5.75 Å². The summed E-state index contributed by atoms with van der Waals surface area (Å²) < 4.78 is 56.0. The topological polar surface area (TPSA) is 206 Å². The van der Waals surface area contributed by atoms with Crippen LogP contribution in [-0.2, 0) is 35.4 Å². The lowest BCUT2D eigenvalue weighted by atomic mass is 9.81. The monoisotopic (exact) mass is 722 g/mol. The van der Waals surface area contributed by atoms with Crippen LogP contribution < -0.4 is 20.2 Å². The summed E-state index contributed by atoms with van der Waals surface area (Å²) in [6, 6.07) is 14.2. The number of amidine groups is 1. The van der Waals surface area contributed by atoms with Crippen molar-refractivity contribution in [3.63, 3.8) is 0 Å². The lowest BCUT2D eigenvalue weighted by Crippen LogP contribution is -2.46. The number of carbonyl (C=O) groups is 1. The molecule has 16 nitrogen and oxygen atoms in total. The first-order chi connectivity index (χ1) is 23.8. The molecule has 0 aliphatic carbocycles. The molecule has 2 aliphatic heterocycles. The average Bonchev–Trinajstić information content (AvgIpc) is 3.71. The average molecular weight is 723 g/mol. The van der Waals surface area contributed by atoms with Crippen LogP contribution in [0.4, 0.5) is 4.79 Å². The van der Waals surface area contributed by atoms with Crippen LogP contribution in [-0.4, -0.2) is 94.0 Å². The second-order valence-electron chi connectivity index (χ2n) is 13.1. The van der Waals surface area contributed by atoms with Crippen molar-refractivity contribution in [3.05, 3.63) is 65.1 Å². The number of sulfonamides is 1. The van der Waals surface area contributed by atoms with Gasteiger partial charge < -0.3 is 34.1 Å². The fourth-order valence-corrected chi connectivity index (χ4v) is 7.08. The number of rotatable bonds is 17. The summed E-state index contributed by atoms with van der Waals surface area (Å²) in [6.07, 6.45) is -1.00. The van der Waals surface area contributed by atoms with E-state index in [0.29, 0.717) is 38.0 Å². The minimum Gasteiger partial charge on any atom is -0.497 e. The van der Waals surface area contributed by atoms with E-state index in [4.69, 9.17) is 28.9 Å². The Morgan fingerprint density at radius 2 is 1.78 bits per heavy atom. The summed E-state index contributed by atoms with van der Waals surface area (Å²) in [5.74, 6) is 0.456. The molecule has 6 atom stereocenters. The van der Waals surface area contributed by atoms with Crippen molar-refractivity contribution in [1.82, 2.24) is 15.5 Å². The van der Waals surface area contributed by atoms with E-state index >= 15 is 0 Å². The Balaban J connectivity index is 1.41. The zero-order valence-corrected chi connectivity index (χ0v) is 29.5. The summed E-state index contributed by atoms with van der Waals surface area (Å²) >= 11 is 0. The second-order valence-corrected chi connectivity index (χ2v) is 14.8. The zero-order chi connectivity index (χ0) is 36.3. The van der Waals surface area contributed by atoms with Crippen LogP contribution in [0.5, 0.6) is 5.75 Å². The highest BCUT2D eigenvalue weighted by Crippen LogP contribution is 2.33. The number of amides is 1. The number of fused-ring (bicyclic) bond motifs is 1. The van der Waals surface area contributed by atoms with E-state index in [2.05, 4.69) is 15.0 Å². The van der Waals surface area contributed by atoms with Crippen molar-refractivity contribution in [2.24, 2.45) is 16.3 Å². The van der Waals surface area contributed by atoms with Gasteiger partial charge in [0.15, 0.2) is 6.29 Å². The number of aliphatic imine (C=N–C) groups is 1. The predicted molar refractivity (Wildman–Crippen MR) is 179 cm³/mol. The minimum absolute atomic E-state index is 0.0217. The number of ether oxygens (including phenoxy) is 5. The second kappa shape index (κ2) is 17.8. The number of nitrogens with zero attached hydrogens (tertiary/aromatic N) is 2. The van der Waals surface area contributed by atoms with E-state index in [1.54, 1.807) is 0 Å². The quantitative estimate of drug-likeness (QED) is 0.0908. The van der Waals surface area contributed by atoms with Crippen LogP contribution >= 0.6 is 0 Å². The van der Waals surface area contributed by atoms with E-state index < -0.39 is 57.0 Å². The molecule has 276 valence electrons. The van der Waals surface area contributed by atoms with E-state index in [1.807, 2.05) is 49.6 Å². The van der Waals surface area contributed by atoms with Crippen LogP contribution in [0, 0.1) is 16.2 Å². The Bertz CT molecular complexity index is 1540. The van der Waals surface area contributed by atoms with Gasteiger partial charge in [0.25, 0.3) is 0 Å². The maximum absolute atomic E-state index is 13.3. The van der Waals surface area contributed by atoms with Gasteiger partial charge in [-0.1, -0.05) is 44.2 Å². The molecule has 2 heterocycles. The van der Waals surface area contributed by atoms with E-state index in [0.717, 1.165) is 12.0 Å². The molecule has 4 rings (SSSR count). The van der Waals surface area contributed by atoms with Gasteiger partial charge in [0.2, 0.25) is 10.0 Å². The minimum atomic E-state index is -4.08. The summed E-state index contributed by atoms with van der Waals surface area (Å²) in [6.45, 7) is 4.74. The van der Waals surface area contributed by atoms with Gasteiger partial charge >= 0.3 is 17.1 Å². The summed E-state index contributed by atoms with van der Waals surface area (Å²) in [5, 5.41) is 22.8. The number of alkyl carbamates (subject to hydrolysis) is 1. The van der Waals surface area contributed by atoms with Gasteiger partial charge in [0, 0.05) is 0 Å². The smallest absolute Gasteiger partial charge is 0.407 e. The van der Waals surface area contributed by atoms with Crippen LogP contribution in [0.15, 0.2) is 64.5 Å². The number of hydrogen-bond acceptors (Lipinski definition) is 11. The molecule has 0 aromatic heterocycles. The first kappa shape index (κ1) is 38.8. The molecule has 0 bridgehead atoms. The van der Waals surface area contributed by atoms with Crippen LogP contribution in [0.3, 0.4) is 0 Å². The standard InChI is InChI=1S/C33H47N5O11S/c1-33(2,18-15-29(35-31(46-4)36-38(41)42)37-50(43,44)24-12-10-23(45-3)11-13-24)17-14-27(39)26(20-22-8-6-5-7-9-22)34-32(40)49-28-21-48-30-25(28)16-19-47-30/h5-13,25-30,37,39H,14-21H2,1-4H3,(H2-,34,35,36,40,41,42)/p+1/t25-,26+,27-,28-,29?,30+/m1/s1. The maximum Gasteiger partial charge on any atom is 0.407 e. The van der Waals surface area contributed by atoms with Gasteiger partial charge in [-0.3, -0.25) is 0 Å². The highest BCUT2D eigenvalue weighted by molar-refractivity contribution is 7.89. The fourth-order valence-electron chi connectivity index (χ4n) is 5.92. The molecule has 2 aromatic carbocycles. The van der Waals surface area contributed by atoms with E-state index in [-0.39, 0.29) is 30.1 Å². The highest BCUT2D eigenvalue weighted by atomic mass is 32.2. The predicted octanol–water partition coefficient (Wildman–Crippen LogP) is 3.02. The molecule has 1 unspecified atom stereocenters. The molecule has 17 heteroatoms. The molecular formula is C33H48N5O11S+. The molecule has 2 aliphatic rings. The molecule has 0 saturated carbocycles. The molecule has 0 spiro atoms. The first-order valence-corrected chi connectivity index (χ1v) is 17.9. The number of methoxy groups -OCH3 is 2. The number of hydrazine groups is 1. The number of aliphatic hydroxyl groups excluding tert-OH is 1. The van der Waals surface area contributed by atoms with Gasteiger partial charge in [-0.15, -0.1) is 0 Å². The number of benzene rings is 2. The number of hydrogen-bond donors (Lipinski definition) is 5. The Labute approximate surface area is 292 Å². The van der Waals surface area contributed by atoms with Gasteiger partial charge in [0.05, 0.1) is 50.4 Å². The molecule has 5 N–H and O–H groups in total. The van der Waals surface area contributed by atoms with E-state index in [1.165, 1.54) is 38.5 Å². The number of nitrogens with one attached hydrogen (secondary N) is 3. The Hall–Kier alpha value is -4.03. The van der Waals surface area contributed by atoms with Gasteiger partial charge in [-0.25, -0.2) is 23.4 Å². The fraction of sp³-hybridized carbons (Fsp3) is 0.576. The SMILES string of the molecule is COC(=NC(CCC(C)(C)CC[C@@H](O)[C@H](Cc1ccccc1)NC(=O)O[C@@H]1CO[C@@H]2OCC[C@@H]21)NS(=O)(=O)c1ccc(OC)cc1)N[N+](=O)O. The number of aliphatic hydroxyl groups is 1. The third kappa shape index (κ3) is 11.5. The molecule has 50 heavy (non-hydrogen) atoms. The van der Waals surface area contributed by atoms with Crippen molar-refractivity contribution < 1.29 is 52.2 Å². The van der Waals surface area contributed by atoms with Crippen LogP contribution in [0.2, 0.25) is 0 Å². The Morgan fingerprint density at radius 1 is 1.08 bits per heavy atom. The van der Waals surface area contributed by atoms with Gasteiger partial charge in [-0.2, -0.15) is 4.72 Å². The van der Waals surface area contributed by atoms with Crippen molar-refractivity contribution in [2.75, 3.05) is 27.4 Å². The maximum atomic E-state index is 13.3. The first-order valence-electron chi connectivity index (χ1n) is 16.4. The van der Waals surface area contributed by atoms with Crippen molar-refractivity contribution in [2.45, 2.75) is 88.0 Å². The third-order valence-corrected chi connectivity index (χ3v) is 10.3. The largest absolute Gasteiger partial charge is 0.497 e. The van der Waals surface area contributed by atoms with Crippen LogP contribution in [0.25, 0.3) is 0 Å². The summed E-state index contributed by atoms with van der Waals surface area (Å²) in [7, 11) is -1.42. The highest BCUT2D eigenvalue weighted by Gasteiger charge is 2.44. The lowest BCUT2D eigenvalue weighted by Gasteiger charge is -2.30. The van der Waals surface area contributed by atoms with Crippen molar-refractivity contribution in [1.29, 1.82) is 0 Å². The van der Waals surface area contributed by atoms with Gasteiger partial charge in [-0.05, 0) is 79.2 Å².